The lowest BCUT2D eigenvalue weighted by atomic mass is 10.2. The number of unbranched alkanes of at least 4 members (excludes halogenated alkanes) is 3. The molecule has 3 heteroatoms. The molecule has 0 amide bonds. The molecule has 0 aromatic heterocycles. The molecular formula is C17H34O2Si. The van der Waals surface area contributed by atoms with Gasteiger partial charge in [0.05, 0.1) is 6.61 Å². The highest BCUT2D eigenvalue weighted by molar-refractivity contribution is 6.74. The predicted octanol–water partition coefficient (Wildman–Crippen LogP) is 5.33. The summed E-state index contributed by atoms with van der Waals surface area (Å²) >= 11 is 0. The Hall–Kier alpha value is -0.383. The summed E-state index contributed by atoms with van der Waals surface area (Å²) < 4.78 is 11.6. The molecule has 0 aromatic carbocycles. The van der Waals surface area contributed by atoms with Crippen molar-refractivity contribution >= 4 is 8.32 Å². The van der Waals surface area contributed by atoms with Crippen LogP contribution in [0.15, 0.2) is 24.8 Å². The number of hydrogen-bond donors (Lipinski definition) is 0. The number of ether oxygens (including phenoxy) is 1. The lowest BCUT2D eigenvalue weighted by molar-refractivity contribution is 0.152. The van der Waals surface area contributed by atoms with Crippen molar-refractivity contribution in [3.8, 4) is 0 Å². The first-order chi connectivity index (χ1) is 9.20. The lowest BCUT2D eigenvalue weighted by Gasteiger charge is -2.36. The molecule has 2 nitrogen and oxygen atoms in total. The van der Waals surface area contributed by atoms with E-state index in [0.717, 1.165) is 31.6 Å². The molecule has 0 aromatic rings. The minimum Gasteiger partial charge on any atom is -0.417 e. The molecule has 0 atom stereocenters. The van der Waals surface area contributed by atoms with Gasteiger partial charge in [0.1, 0.15) is 0 Å². The third kappa shape index (κ3) is 8.72. The van der Waals surface area contributed by atoms with Crippen LogP contribution in [-0.4, -0.2) is 28.1 Å². The second-order valence-corrected chi connectivity index (χ2v) is 11.7. The second kappa shape index (κ2) is 9.53. The van der Waals surface area contributed by atoms with Crippen molar-refractivity contribution in [2.45, 2.75) is 64.6 Å². The van der Waals surface area contributed by atoms with E-state index in [1.165, 1.54) is 12.8 Å². The summed E-state index contributed by atoms with van der Waals surface area (Å²) in [5, 5.41) is 0.314. The first-order valence-electron chi connectivity index (χ1n) is 7.72. The van der Waals surface area contributed by atoms with Gasteiger partial charge >= 0.3 is 0 Å². The van der Waals surface area contributed by atoms with Gasteiger partial charge in [-0.05, 0) is 36.5 Å². The Morgan fingerprint density at radius 3 is 2.10 bits per heavy atom. The van der Waals surface area contributed by atoms with E-state index in [2.05, 4.69) is 47.0 Å². The summed E-state index contributed by atoms with van der Waals surface area (Å²) in [6.07, 6.45) is 6.45. The van der Waals surface area contributed by atoms with E-state index < -0.39 is 8.32 Å². The smallest absolute Gasteiger partial charge is 0.191 e. The van der Waals surface area contributed by atoms with Crippen LogP contribution in [0.25, 0.3) is 0 Å². The number of hydrogen-bond acceptors (Lipinski definition) is 2. The van der Waals surface area contributed by atoms with Gasteiger partial charge in [-0.1, -0.05) is 52.8 Å². The molecule has 0 N–H and O–H groups in total. The molecule has 0 spiro atoms. The molecule has 0 heterocycles. The number of rotatable bonds is 11. The standard InChI is InChI=1S/C17H34O2Si/c1-8-16(2)15-18-13-11-9-10-12-14-19-20(6,7)17(3,4)5/h8H,1-2,9-15H2,3-7H3. The van der Waals surface area contributed by atoms with Crippen LogP contribution in [0.4, 0.5) is 0 Å². The van der Waals surface area contributed by atoms with Crippen LogP contribution in [0, 0.1) is 0 Å². The largest absolute Gasteiger partial charge is 0.417 e. The Kier molecular flexibility index (Phi) is 9.35. The molecule has 0 fully saturated rings. The van der Waals surface area contributed by atoms with Gasteiger partial charge in [0.25, 0.3) is 0 Å². The molecule has 0 aliphatic carbocycles. The predicted molar refractivity (Wildman–Crippen MR) is 91.8 cm³/mol. The van der Waals surface area contributed by atoms with Gasteiger partial charge in [0, 0.05) is 13.2 Å². The highest BCUT2D eigenvalue weighted by Crippen LogP contribution is 2.36. The van der Waals surface area contributed by atoms with Crippen LogP contribution in [0.5, 0.6) is 0 Å². The zero-order valence-electron chi connectivity index (χ0n) is 14.3. The van der Waals surface area contributed by atoms with E-state index in [-0.39, 0.29) is 0 Å². The van der Waals surface area contributed by atoms with Gasteiger partial charge in [0.15, 0.2) is 8.32 Å². The van der Waals surface area contributed by atoms with Crippen molar-refractivity contribution in [1.29, 1.82) is 0 Å². The average Bonchev–Trinajstić information content (AvgIpc) is 2.34. The Labute approximate surface area is 127 Å². The van der Waals surface area contributed by atoms with Crippen LogP contribution < -0.4 is 0 Å². The van der Waals surface area contributed by atoms with Crippen LogP contribution >= 0.6 is 0 Å². The molecule has 0 saturated carbocycles. The third-order valence-corrected chi connectivity index (χ3v) is 8.57. The zero-order valence-corrected chi connectivity index (χ0v) is 15.3. The molecule has 0 unspecified atom stereocenters. The first-order valence-corrected chi connectivity index (χ1v) is 10.6. The van der Waals surface area contributed by atoms with Crippen molar-refractivity contribution in [1.82, 2.24) is 0 Å². The second-order valence-electron chi connectivity index (χ2n) is 6.94. The maximum absolute atomic E-state index is 6.15. The molecule has 0 saturated heterocycles. The monoisotopic (exact) mass is 298 g/mol. The quantitative estimate of drug-likeness (QED) is 0.292. The lowest BCUT2D eigenvalue weighted by Crippen LogP contribution is -2.40. The van der Waals surface area contributed by atoms with Gasteiger partial charge in [0.2, 0.25) is 0 Å². The molecule has 0 rings (SSSR count). The van der Waals surface area contributed by atoms with Crippen molar-refractivity contribution in [3.05, 3.63) is 24.8 Å². The van der Waals surface area contributed by atoms with E-state index in [0.29, 0.717) is 11.6 Å². The van der Waals surface area contributed by atoms with Crippen molar-refractivity contribution in [3.63, 3.8) is 0 Å². The summed E-state index contributed by atoms with van der Waals surface area (Å²) in [6.45, 7) is 21.3. The average molecular weight is 299 g/mol. The molecule has 118 valence electrons. The maximum atomic E-state index is 6.15. The summed E-state index contributed by atoms with van der Waals surface area (Å²) in [4.78, 5) is 0. The summed E-state index contributed by atoms with van der Waals surface area (Å²) in [5.74, 6) is 0. The van der Waals surface area contributed by atoms with Crippen LogP contribution in [0.1, 0.15) is 46.5 Å². The molecule has 0 bridgehead atoms. The summed E-state index contributed by atoms with van der Waals surface area (Å²) in [7, 11) is -1.55. The third-order valence-electron chi connectivity index (χ3n) is 4.03. The highest BCUT2D eigenvalue weighted by Gasteiger charge is 2.36. The Bertz CT molecular complexity index is 290. The van der Waals surface area contributed by atoms with Gasteiger partial charge in [-0.15, -0.1) is 0 Å². The normalized spacial score (nSPS) is 12.4. The van der Waals surface area contributed by atoms with Crippen LogP contribution in [-0.2, 0) is 9.16 Å². The van der Waals surface area contributed by atoms with Crippen LogP contribution in [0.2, 0.25) is 18.1 Å². The Balaban J connectivity index is 3.46. The minimum absolute atomic E-state index is 0.314. The fourth-order valence-electron chi connectivity index (χ4n) is 1.47. The van der Waals surface area contributed by atoms with E-state index >= 15 is 0 Å². The first kappa shape index (κ1) is 19.6. The topological polar surface area (TPSA) is 18.5 Å². The zero-order chi connectivity index (χ0) is 15.6. The fraction of sp³-hybridized carbons (Fsp3) is 0.765. The molecule has 0 radical (unpaired) electrons. The van der Waals surface area contributed by atoms with Gasteiger partial charge < -0.3 is 9.16 Å². The van der Waals surface area contributed by atoms with E-state index in [1.54, 1.807) is 6.08 Å². The molecule has 20 heavy (non-hydrogen) atoms. The highest BCUT2D eigenvalue weighted by atomic mass is 28.4. The minimum atomic E-state index is -1.55. The van der Waals surface area contributed by atoms with E-state index in [4.69, 9.17) is 9.16 Å². The maximum Gasteiger partial charge on any atom is 0.191 e. The van der Waals surface area contributed by atoms with Crippen LogP contribution in [0.3, 0.4) is 0 Å². The van der Waals surface area contributed by atoms with Gasteiger partial charge in [-0.25, -0.2) is 0 Å². The summed E-state index contributed by atoms with van der Waals surface area (Å²) in [6, 6.07) is 0. The Morgan fingerprint density at radius 2 is 1.60 bits per heavy atom. The van der Waals surface area contributed by atoms with Crippen molar-refractivity contribution in [2.75, 3.05) is 19.8 Å². The molecule has 0 aliphatic rings. The van der Waals surface area contributed by atoms with E-state index in [1.807, 2.05) is 0 Å². The fourth-order valence-corrected chi connectivity index (χ4v) is 2.55. The van der Waals surface area contributed by atoms with E-state index in [9.17, 15) is 0 Å². The molecule has 0 aliphatic heterocycles. The summed E-state index contributed by atoms with van der Waals surface area (Å²) in [5.41, 5.74) is 0.952. The SMILES string of the molecule is C=CC(=C)COCCCCCCO[Si](C)(C)C(C)(C)C. The Morgan fingerprint density at radius 1 is 1.05 bits per heavy atom. The van der Waals surface area contributed by atoms with Crippen molar-refractivity contribution in [2.24, 2.45) is 0 Å². The van der Waals surface area contributed by atoms with Gasteiger partial charge in [-0.3, -0.25) is 0 Å². The van der Waals surface area contributed by atoms with Gasteiger partial charge in [-0.2, -0.15) is 0 Å². The molecular weight excluding hydrogens is 264 g/mol. The van der Waals surface area contributed by atoms with Crippen molar-refractivity contribution < 1.29 is 9.16 Å².